The molecule has 0 bridgehead atoms. The van der Waals surface area contributed by atoms with Gasteiger partial charge in [0, 0.05) is 17.4 Å². The van der Waals surface area contributed by atoms with E-state index in [1.165, 1.54) is 18.2 Å². The Morgan fingerprint density at radius 1 is 0.914 bits per heavy atom. The number of nitrogens with zero attached hydrogens (tertiary/aromatic N) is 4. The SMILES string of the molecule is Cc1nn(-c2ccc(Oc3ccc(NC(=O)Nc4ccccc4C(F)(F)F)cc3)nn2)c(C)c1C. The average Bonchev–Trinajstić information content (AvgIpc) is 3.08. The number of aromatic nitrogens is 4. The quantitative estimate of drug-likeness (QED) is 0.362. The molecule has 0 saturated carbocycles. The number of rotatable bonds is 5. The molecule has 4 aromatic rings. The first-order chi connectivity index (χ1) is 16.6. The molecular formula is C24H21F3N6O2. The number of amides is 2. The van der Waals surface area contributed by atoms with Crippen molar-refractivity contribution in [1.29, 1.82) is 0 Å². The molecule has 0 aliphatic rings. The van der Waals surface area contributed by atoms with E-state index >= 15 is 0 Å². The summed E-state index contributed by atoms with van der Waals surface area (Å²) in [4.78, 5) is 12.2. The Balaban J connectivity index is 1.38. The highest BCUT2D eigenvalue weighted by Crippen LogP contribution is 2.34. The van der Waals surface area contributed by atoms with Crippen LogP contribution < -0.4 is 15.4 Å². The van der Waals surface area contributed by atoms with Crippen molar-refractivity contribution >= 4 is 17.4 Å². The maximum atomic E-state index is 13.1. The summed E-state index contributed by atoms with van der Waals surface area (Å²) >= 11 is 0. The molecular weight excluding hydrogens is 461 g/mol. The minimum atomic E-state index is -4.58. The van der Waals surface area contributed by atoms with Crippen LogP contribution in [0.4, 0.5) is 29.3 Å². The van der Waals surface area contributed by atoms with Crippen LogP contribution in [0.5, 0.6) is 11.6 Å². The van der Waals surface area contributed by atoms with E-state index in [0.29, 0.717) is 17.3 Å². The van der Waals surface area contributed by atoms with Crippen LogP contribution in [0.3, 0.4) is 0 Å². The van der Waals surface area contributed by atoms with Crippen LogP contribution in [0.25, 0.3) is 5.82 Å². The van der Waals surface area contributed by atoms with Gasteiger partial charge in [-0.25, -0.2) is 9.48 Å². The molecule has 2 amide bonds. The van der Waals surface area contributed by atoms with Crippen LogP contribution in [0.1, 0.15) is 22.5 Å². The van der Waals surface area contributed by atoms with Gasteiger partial charge in [-0.2, -0.15) is 18.3 Å². The van der Waals surface area contributed by atoms with Gasteiger partial charge in [-0.1, -0.05) is 12.1 Å². The lowest BCUT2D eigenvalue weighted by molar-refractivity contribution is -0.136. The number of para-hydroxylation sites is 1. The fourth-order valence-corrected chi connectivity index (χ4v) is 3.28. The number of carbonyl (C=O) groups excluding carboxylic acids is 1. The van der Waals surface area contributed by atoms with Gasteiger partial charge in [-0.05, 0) is 68.8 Å². The van der Waals surface area contributed by atoms with E-state index in [2.05, 4.69) is 25.9 Å². The number of hydrogen-bond acceptors (Lipinski definition) is 5. The molecule has 2 aromatic heterocycles. The Morgan fingerprint density at radius 3 is 2.23 bits per heavy atom. The van der Waals surface area contributed by atoms with Crippen molar-refractivity contribution in [3.8, 4) is 17.4 Å². The Hall–Kier alpha value is -4.41. The van der Waals surface area contributed by atoms with Crippen LogP contribution in [-0.4, -0.2) is 26.0 Å². The molecule has 0 saturated heterocycles. The predicted molar refractivity (Wildman–Crippen MR) is 124 cm³/mol. The van der Waals surface area contributed by atoms with Crippen molar-refractivity contribution in [1.82, 2.24) is 20.0 Å². The van der Waals surface area contributed by atoms with Crippen LogP contribution >= 0.6 is 0 Å². The van der Waals surface area contributed by atoms with Crippen molar-refractivity contribution in [2.45, 2.75) is 26.9 Å². The number of nitrogens with one attached hydrogen (secondary N) is 2. The molecule has 0 unspecified atom stereocenters. The highest BCUT2D eigenvalue weighted by Gasteiger charge is 2.33. The van der Waals surface area contributed by atoms with Gasteiger partial charge in [0.05, 0.1) is 16.9 Å². The molecule has 0 spiro atoms. The highest BCUT2D eigenvalue weighted by atomic mass is 19.4. The molecule has 0 aliphatic carbocycles. The summed E-state index contributed by atoms with van der Waals surface area (Å²) in [5.74, 6) is 1.25. The number of ether oxygens (including phenoxy) is 1. The minimum absolute atomic E-state index is 0.259. The zero-order valence-corrected chi connectivity index (χ0v) is 19.0. The van der Waals surface area contributed by atoms with Gasteiger partial charge < -0.3 is 15.4 Å². The molecule has 0 fully saturated rings. The Kier molecular flexibility index (Phi) is 6.41. The van der Waals surface area contributed by atoms with E-state index < -0.39 is 17.8 Å². The van der Waals surface area contributed by atoms with Crippen molar-refractivity contribution in [2.75, 3.05) is 10.6 Å². The summed E-state index contributed by atoms with van der Waals surface area (Å²) < 4.78 is 46.7. The number of urea groups is 1. The van der Waals surface area contributed by atoms with Gasteiger partial charge in [-0.3, -0.25) is 0 Å². The molecule has 2 heterocycles. The summed E-state index contributed by atoms with van der Waals surface area (Å²) in [6.07, 6.45) is -4.58. The third kappa shape index (κ3) is 5.40. The van der Waals surface area contributed by atoms with Crippen LogP contribution in [0.2, 0.25) is 0 Å². The van der Waals surface area contributed by atoms with Gasteiger partial charge in [0.15, 0.2) is 5.82 Å². The standard InChI is InChI=1S/C24H21F3N6O2/c1-14-15(2)32-33(16(14)3)21-12-13-22(31-30-21)35-18-10-8-17(9-11-18)28-23(34)29-20-7-5-4-6-19(20)24(25,26)27/h4-13H,1-3H3,(H2,28,29,34). The van der Waals surface area contributed by atoms with Crippen molar-refractivity contribution in [2.24, 2.45) is 0 Å². The maximum absolute atomic E-state index is 13.1. The molecule has 180 valence electrons. The Labute approximate surface area is 198 Å². The molecule has 0 aliphatic heterocycles. The Morgan fingerprint density at radius 2 is 1.63 bits per heavy atom. The summed E-state index contributed by atoms with van der Waals surface area (Å²) in [5.41, 5.74) is 2.06. The van der Waals surface area contributed by atoms with Gasteiger partial charge in [0.2, 0.25) is 5.88 Å². The third-order valence-electron chi connectivity index (χ3n) is 5.31. The lowest BCUT2D eigenvalue weighted by Gasteiger charge is -2.14. The molecule has 2 aromatic carbocycles. The second-order valence-electron chi connectivity index (χ2n) is 7.69. The summed E-state index contributed by atoms with van der Waals surface area (Å²) in [6, 6.07) is 13.6. The maximum Gasteiger partial charge on any atom is 0.418 e. The lowest BCUT2D eigenvalue weighted by atomic mass is 10.1. The van der Waals surface area contributed by atoms with Crippen LogP contribution in [0, 0.1) is 20.8 Å². The van der Waals surface area contributed by atoms with E-state index in [-0.39, 0.29) is 11.6 Å². The zero-order chi connectivity index (χ0) is 25.2. The van der Waals surface area contributed by atoms with Crippen LogP contribution in [-0.2, 0) is 6.18 Å². The van der Waals surface area contributed by atoms with Gasteiger partial charge in [0.25, 0.3) is 0 Å². The number of carbonyl (C=O) groups is 1. The number of halogens is 3. The van der Waals surface area contributed by atoms with E-state index in [1.807, 2.05) is 20.8 Å². The smallest absolute Gasteiger partial charge is 0.418 e. The predicted octanol–water partition coefficient (Wildman–Crippen LogP) is 6.04. The average molecular weight is 482 g/mol. The van der Waals surface area contributed by atoms with Gasteiger partial charge in [0.1, 0.15) is 5.75 Å². The number of alkyl halides is 3. The molecule has 4 rings (SSSR count). The largest absolute Gasteiger partial charge is 0.438 e. The molecule has 0 radical (unpaired) electrons. The molecule has 8 nitrogen and oxygen atoms in total. The molecule has 2 N–H and O–H groups in total. The van der Waals surface area contributed by atoms with Crippen molar-refractivity contribution in [3.05, 3.63) is 83.2 Å². The van der Waals surface area contributed by atoms with Gasteiger partial charge in [-0.15, -0.1) is 10.2 Å². The normalized spacial score (nSPS) is 11.3. The molecule has 35 heavy (non-hydrogen) atoms. The lowest BCUT2D eigenvalue weighted by Crippen LogP contribution is -2.21. The zero-order valence-electron chi connectivity index (χ0n) is 19.0. The first-order valence-corrected chi connectivity index (χ1v) is 10.5. The summed E-state index contributed by atoms with van der Waals surface area (Å²) in [6.45, 7) is 5.86. The monoisotopic (exact) mass is 482 g/mol. The second kappa shape index (κ2) is 9.45. The molecule has 11 heteroatoms. The van der Waals surface area contributed by atoms with Gasteiger partial charge >= 0.3 is 12.2 Å². The number of aryl methyl sites for hydroxylation is 1. The van der Waals surface area contributed by atoms with E-state index in [4.69, 9.17) is 4.74 Å². The van der Waals surface area contributed by atoms with E-state index in [0.717, 1.165) is 23.0 Å². The summed E-state index contributed by atoms with van der Waals surface area (Å²) in [7, 11) is 0. The van der Waals surface area contributed by atoms with Crippen LogP contribution in [0.15, 0.2) is 60.7 Å². The number of anilines is 2. The van der Waals surface area contributed by atoms with E-state index in [1.54, 1.807) is 41.1 Å². The minimum Gasteiger partial charge on any atom is -0.438 e. The second-order valence-corrected chi connectivity index (χ2v) is 7.69. The highest BCUT2D eigenvalue weighted by molar-refractivity contribution is 6.00. The first kappa shape index (κ1) is 23.7. The van der Waals surface area contributed by atoms with E-state index in [9.17, 15) is 18.0 Å². The number of hydrogen-bond donors (Lipinski definition) is 2. The first-order valence-electron chi connectivity index (χ1n) is 10.5. The summed E-state index contributed by atoms with van der Waals surface area (Å²) in [5, 5.41) is 17.4. The fourth-order valence-electron chi connectivity index (χ4n) is 3.28. The van der Waals surface area contributed by atoms with Crippen molar-refractivity contribution < 1.29 is 22.7 Å². The molecule has 0 atom stereocenters. The number of benzene rings is 2. The topological polar surface area (TPSA) is 94.0 Å². The van der Waals surface area contributed by atoms with Crippen molar-refractivity contribution in [3.63, 3.8) is 0 Å². The Bertz CT molecular complexity index is 1350. The fraction of sp³-hybridized carbons (Fsp3) is 0.167. The third-order valence-corrected chi connectivity index (χ3v) is 5.31.